The van der Waals surface area contributed by atoms with Crippen LogP contribution in [-0.2, 0) is 0 Å². The van der Waals surface area contributed by atoms with Gasteiger partial charge >= 0.3 is 0 Å². The third kappa shape index (κ3) is 2.99. The molecule has 1 aromatic rings. The van der Waals surface area contributed by atoms with Crippen molar-refractivity contribution in [3.05, 3.63) is 30.2 Å². The molecule has 1 aliphatic carbocycles. The van der Waals surface area contributed by atoms with Crippen molar-refractivity contribution in [2.75, 3.05) is 13.2 Å². The Hall–Kier alpha value is -1.06. The minimum atomic E-state index is 0.0541. The van der Waals surface area contributed by atoms with Gasteiger partial charge in [0.25, 0.3) is 0 Å². The van der Waals surface area contributed by atoms with Crippen LogP contribution in [0.3, 0.4) is 0 Å². The highest BCUT2D eigenvalue weighted by atomic mass is 16.3. The first-order valence-electron chi connectivity index (χ1n) is 6.29. The molecule has 1 aromatic heterocycles. The van der Waals surface area contributed by atoms with E-state index in [9.17, 15) is 5.11 Å². The number of aliphatic hydroxyl groups excluding tert-OH is 1. The highest BCUT2D eigenvalue weighted by Gasteiger charge is 2.37. The van der Waals surface area contributed by atoms with Gasteiger partial charge in [0.15, 0.2) is 0 Å². The first kappa shape index (κ1) is 12.4. The zero-order valence-electron chi connectivity index (χ0n) is 10.4. The van der Waals surface area contributed by atoms with Crippen LogP contribution in [0, 0.1) is 5.41 Å². The summed E-state index contributed by atoms with van der Waals surface area (Å²) in [5.41, 5.74) is 0.0541. The van der Waals surface area contributed by atoms with Gasteiger partial charge in [0.1, 0.15) is 5.76 Å². The highest BCUT2D eigenvalue weighted by Crippen LogP contribution is 2.37. The van der Waals surface area contributed by atoms with Crippen LogP contribution in [0.2, 0.25) is 0 Å². The van der Waals surface area contributed by atoms with Crippen molar-refractivity contribution < 1.29 is 9.52 Å². The van der Waals surface area contributed by atoms with Gasteiger partial charge in [0.2, 0.25) is 0 Å². The molecule has 3 heteroatoms. The average Bonchev–Trinajstić information content (AvgIpc) is 2.95. The van der Waals surface area contributed by atoms with Crippen molar-refractivity contribution in [2.45, 2.75) is 32.2 Å². The average molecular weight is 235 g/mol. The molecule has 0 bridgehead atoms. The van der Waals surface area contributed by atoms with Crippen molar-refractivity contribution in [1.82, 2.24) is 5.32 Å². The monoisotopic (exact) mass is 235 g/mol. The third-order valence-corrected chi connectivity index (χ3v) is 3.75. The number of rotatable bonds is 5. The van der Waals surface area contributed by atoms with Crippen molar-refractivity contribution >= 4 is 6.08 Å². The fraction of sp³-hybridized carbons (Fsp3) is 0.571. The number of hydrogen-bond acceptors (Lipinski definition) is 3. The second-order valence-electron chi connectivity index (χ2n) is 5.08. The first-order chi connectivity index (χ1) is 8.24. The number of furan rings is 1. The molecular weight excluding hydrogens is 214 g/mol. The summed E-state index contributed by atoms with van der Waals surface area (Å²) in [6, 6.07) is 4.24. The number of nitrogens with one attached hydrogen (secondary N) is 1. The molecule has 2 atom stereocenters. The van der Waals surface area contributed by atoms with Crippen molar-refractivity contribution in [1.29, 1.82) is 0 Å². The molecule has 0 saturated heterocycles. The van der Waals surface area contributed by atoms with E-state index in [-0.39, 0.29) is 12.0 Å². The summed E-state index contributed by atoms with van der Waals surface area (Å²) >= 11 is 0. The van der Waals surface area contributed by atoms with Gasteiger partial charge in [-0.3, -0.25) is 0 Å². The SMILES string of the molecule is CC1(CO)CCCC1NC/C=C/c1ccco1. The summed E-state index contributed by atoms with van der Waals surface area (Å²) in [6.45, 7) is 3.25. The molecule has 3 nitrogen and oxygen atoms in total. The lowest BCUT2D eigenvalue weighted by Gasteiger charge is -2.29. The lowest BCUT2D eigenvalue weighted by Crippen LogP contribution is -2.41. The molecule has 0 aromatic carbocycles. The molecule has 17 heavy (non-hydrogen) atoms. The summed E-state index contributed by atoms with van der Waals surface area (Å²) in [5.74, 6) is 0.878. The van der Waals surface area contributed by atoms with Gasteiger partial charge in [-0.2, -0.15) is 0 Å². The quantitative estimate of drug-likeness (QED) is 0.824. The Labute approximate surface area is 103 Å². The van der Waals surface area contributed by atoms with E-state index in [0.717, 1.165) is 25.1 Å². The predicted molar refractivity (Wildman–Crippen MR) is 68.6 cm³/mol. The minimum Gasteiger partial charge on any atom is -0.465 e. The molecule has 0 amide bonds. The molecule has 1 aliphatic rings. The van der Waals surface area contributed by atoms with E-state index in [2.05, 4.69) is 18.3 Å². The van der Waals surface area contributed by atoms with E-state index in [1.807, 2.05) is 18.2 Å². The molecular formula is C14H21NO2. The molecule has 0 aliphatic heterocycles. The number of hydrogen-bond donors (Lipinski definition) is 2. The topological polar surface area (TPSA) is 45.4 Å². The summed E-state index contributed by atoms with van der Waals surface area (Å²) < 4.78 is 5.21. The third-order valence-electron chi connectivity index (χ3n) is 3.75. The molecule has 0 spiro atoms. The summed E-state index contributed by atoms with van der Waals surface area (Å²) in [6.07, 6.45) is 9.19. The van der Waals surface area contributed by atoms with Gasteiger partial charge in [0.05, 0.1) is 6.26 Å². The second-order valence-corrected chi connectivity index (χ2v) is 5.08. The van der Waals surface area contributed by atoms with Gasteiger partial charge in [-0.15, -0.1) is 0 Å². The van der Waals surface area contributed by atoms with Gasteiger partial charge in [-0.1, -0.05) is 19.4 Å². The van der Waals surface area contributed by atoms with Crippen LogP contribution in [0.5, 0.6) is 0 Å². The normalized spacial score (nSPS) is 29.2. The van der Waals surface area contributed by atoms with Gasteiger partial charge in [-0.25, -0.2) is 0 Å². The van der Waals surface area contributed by atoms with Gasteiger partial charge < -0.3 is 14.8 Å². The van der Waals surface area contributed by atoms with Crippen molar-refractivity contribution in [3.63, 3.8) is 0 Å². The molecule has 2 unspecified atom stereocenters. The standard InChI is InChI=1S/C14H21NO2/c1-14(11-16)8-2-7-13(14)15-9-3-5-12-6-4-10-17-12/h3-6,10,13,15-16H,2,7-9,11H2,1H3/b5-3+. The minimum absolute atomic E-state index is 0.0541. The van der Waals surface area contributed by atoms with E-state index < -0.39 is 0 Å². The van der Waals surface area contributed by atoms with E-state index in [1.54, 1.807) is 6.26 Å². The van der Waals surface area contributed by atoms with Crippen LogP contribution in [0.4, 0.5) is 0 Å². The van der Waals surface area contributed by atoms with E-state index in [0.29, 0.717) is 6.04 Å². The van der Waals surface area contributed by atoms with Crippen molar-refractivity contribution in [3.8, 4) is 0 Å². The van der Waals surface area contributed by atoms with Gasteiger partial charge in [0, 0.05) is 24.6 Å². The molecule has 2 rings (SSSR count). The Morgan fingerprint density at radius 1 is 1.65 bits per heavy atom. The van der Waals surface area contributed by atoms with Crippen molar-refractivity contribution in [2.24, 2.45) is 5.41 Å². The molecule has 2 N–H and O–H groups in total. The van der Waals surface area contributed by atoms with E-state index in [4.69, 9.17) is 4.42 Å². The van der Waals surface area contributed by atoms with Crippen LogP contribution < -0.4 is 5.32 Å². The van der Waals surface area contributed by atoms with Gasteiger partial charge in [-0.05, 0) is 31.1 Å². The zero-order valence-corrected chi connectivity index (χ0v) is 10.4. The largest absolute Gasteiger partial charge is 0.465 e. The Kier molecular flexibility index (Phi) is 4.02. The summed E-state index contributed by atoms with van der Waals surface area (Å²) in [7, 11) is 0. The zero-order chi connectivity index (χ0) is 12.1. The lowest BCUT2D eigenvalue weighted by molar-refractivity contribution is 0.120. The molecule has 0 radical (unpaired) electrons. The molecule has 1 fully saturated rings. The van der Waals surface area contributed by atoms with Crippen LogP contribution in [0.15, 0.2) is 28.9 Å². The van der Waals surface area contributed by atoms with Crippen LogP contribution in [-0.4, -0.2) is 24.3 Å². The summed E-state index contributed by atoms with van der Waals surface area (Å²) in [4.78, 5) is 0. The van der Waals surface area contributed by atoms with E-state index >= 15 is 0 Å². The maximum Gasteiger partial charge on any atom is 0.126 e. The Morgan fingerprint density at radius 3 is 3.24 bits per heavy atom. The Morgan fingerprint density at radius 2 is 2.53 bits per heavy atom. The maximum atomic E-state index is 9.43. The van der Waals surface area contributed by atoms with Crippen LogP contribution in [0.1, 0.15) is 31.9 Å². The fourth-order valence-electron chi connectivity index (χ4n) is 2.54. The predicted octanol–water partition coefficient (Wildman–Crippen LogP) is 2.43. The fourth-order valence-corrected chi connectivity index (χ4v) is 2.54. The Bertz CT molecular complexity index is 358. The van der Waals surface area contributed by atoms with Crippen LogP contribution >= 0.6 is 0 Å². The number of aliphatic hydroxyl groups is 1. The smallest absolute Gasteiger partial charge is 0.126 e. The van der Waals surface area contributed by atoms with Crippen LogP contribution in [0.25, 0.3) is 6.08 Å². The van der Waals surface area contributed by atoms with E-state index in [1.165, 1.54) is 6.42 Å². The highest BCUT2D eigenvalue weighted by molar-refractivity contribution is 5.42. The first-order valence-corrected chi connectivity index (χ1v) is 6.29. The second kappa shape index (κ2) is 5.52. The summed E-state index contributed by atoms with van der Waals surface area (Å²) in [5, 5.41) is 12.9. The lowest BCUT2D eigenvalue weighted by atomic mass is 9.86. The molecule has 1 saturated carbocycles. The molecule has 94 valence electrons. The maximum absolute atomic E-state index is 9.43. The Balaban J connectivity index is 1.79. The molecule has 1 heterocycles.